The number of methoxy groups -OCH3 is 1. The lowest BCUT2D eigenvalue weighted by Crippen LogP contribution is -2.39. The molecule has 2 aromatic carbocycles. The van der Waals surface area contributed by atoms with Gasteiger partial charge in [-0.15, -0.1) is 0 Å². The molecule has 0 aliphatic carbocycles. The van der Waals surface area contributed by atoms with Crippen LogP contribution in [0.5, 0.6) is 11.5 Å². The molecule has 1 atom stereocenters. The van der Waals surface area contributed by atoms with Gasteiger partial charge in [-0.2, -0.15) is 0 Å². The van der Waals surface area contributed by atoms with Gasteiger partial charge in [0.05, 0.1) is 18.7 Å². The summed E-state index contributed by atoms with van der Waals surface area (Å²) in [5, 5.41) is 24.7. The lowest BCUT2D eigenvalue weighted by Gasteiger charge is -2.29. The van der Waals surface area contributed by atoms with Crippen molar-refractivity contribution in [3.05, 3.63) is 70.0 Å². The molecule has 0 bridgehead atoms. The molecule has 1 aromatic heterocycles. The van der Waals surface area contributed by atoms with Crippen molar-refractivity contribution in [1.82, 2.24) is 10.3 Å². The maximum atomic E-state index is 11.5. The lowest BCUT2D eigenvalue weighted by molar-refractivity contribution is 0.162. The van der Waals surface area contributed by atoms with Crippen LogP contribution in [0.25, 0.3) is 10.9 Å². The van der Waals surface area contributed by atoms with E-state index in [-0.39, 0.29) is 16.8 Å². The second kappa shape index (κ2) is 7.42. The van der Waals surface area contributed by atoms with Crippen LogP contribution in [0.3, 0.4) is 0 Å². The number of hydrogen-bond acceptors (Lipinski definition) is 5. The van der Waals surface area contributed by atoms with E-state index in [0.29, 0.717) is 23.0 Å². The van der Waals surface area contributed by atoms with E-state index in [0.717, 1.165) is 11.3 Å². The number of aliphatic hydroxyl groups excluding tert-OH is 1. The number of pyridine rings is 1. The van der Waals surface area contributed by atoms with Gasteiger partial charge in [-0.1, -0.05) is 18.2 Å². The molecule has 3 aromatic rings. The fraction of sp³-hybridized carbons (Fsp3) is 0.286. The lowest BCUT2D eigenvalue weighted by atomic mass is 9.93. The average Bonchev–Trinajstić information content (AvgIpc) is 2.67. The molecule has 3 rings (SSSR count). The third-order valence-corrected chi connectivity index (χ3v) is 4.81. The third-order valence-electron chi connectivity index (χ3n) is 4.81. The van der Waals surface area contributed by atoms with E-state index < -0.39 is 6.10 Å². The Labute approximate surface area is 157 Å². The Balaban J connectivity index is 1.81. The normalized spacial score (nSPS) is 12.9. The Morgan fingerprint density at radius 1 is 1.11 bits per heavy atom. The minimum atomic E-state index is -0.809. The van der Waals surface area contributed by atoms with E-state index in [1.807, 2.05) is 38.1 Å². The van der Waals surface area contributed by atoms with Gasteiger partial charge < -0.3 is 25.3 Å². The fourth-order valence-electron chi connectivity index (χ4n) is 3.12. The van der Waals surface area contributed by atoms with Crippen molar-refractivity contribution in [2.45, 2.75) is 25.5 Å². The van der Waals surface area contributed by atoms with Crippen LogP contribution in [-0.4, -0.2) is 28.9 Å². The van der Waals surface area contributed by atoms with Gasteiger partial charge in [0.2, 0.25) is 5.56 Å². The van der Waals surface area contributed by atoms with Crippen molar-refractivity contribution in [3.8, 4) is 11.5 Å². The number of phenolic OH excluding ortho intramolecular Hbond substituents is 1. The topological polar surface area (TPSA) is 94.6 Å². The molecule has 4 N–H and O–H groups in total. The van der Waals surface area contributed by atoms with E-state index in [1.54, 1.807) is 19.2 Å². The first-order valence-corrected chi connectivity index (χ1v) is 8.74. The standard InChI is InChI=1S/C21H24N2O4/c1-21(2,13-4-6-14(27-3)7-5-13)22-12-18(25)15-8-10-17(24)20-16(15)9-11-19(26)23-20/h4-11,18,22,24-25H,12H2,1-3H3,(H,23,26)/t18-/m1/s1. The molecule has 0 radical (unpaired) electrons. The molecule has 0 aliphatic rings. The highest BCUT2D eigenvalue weighted by Gasteiger charge is 2.22. The summed E-state index contributed by atoms with van der Waals surface area (Å²) in [5.74, 6) is 0.768. The SMILES string of the molecule is COc1ccc(C(C)(C)NC[C@@H](O)c2ccc(O)c3[nH]c(=O)ccc23)cc1. The number of phenols is 1. The monoisotopic (exact) mass is 368 g/mol. The molecule has 0 spiro atoms. The van der Waals surface area contributed by atoms with Crippen molar-refractivity contribution in [2.75, 3.05) is 13.7 Å². The van der Waals surface area contributed by atoms with Gasteiger partial charge in [0.15, 0.2) is 0 Å². The zero-order valence-corrected chi connectivity index (χ0v) is 15.6. The highest BCUT2D eigenvalue weighted by molar-refractivity contribution is 5.87. The molecule has 0 amide bonds. The van der Waals surface area contributed by atoms with Gasteiger partial charge in [-0.05, 0) is 49.2 Å². The molecular formula is C21H24N2O4. The van der Waals surface area contributed by atoms with Gasteiger partial charge in [0.1, 0.15) is 11.5 Å². The maximum Gasteiger partial charge on any atom is 0.248 e. The third kappa shape index (κ3) is 3.97. The molecule has 6 heteroatoms. The van der Waals surface area contributed by atoms with Crippen molar-refractivity contribution in [2.24, 2.45) is 0 Å². The van der Waals surface area contributed by atoms with Gasteiger partial charge in [0, 0.05) is 23.5 Å². The first-order chi connectivity index (χ1) is 12.8. The molecular weight excluding hydrogens is 344 g/mol. The predicted octanol–water partition coefficient (Wildman–Crippen LogP) is 2.80. The highest BCUT2D eigenvalue weighted by atomic mass is 16.5. The molecule has 0 saturated carbocycles. The summed E-state index contributed by atoms with van der Waals surface area (Å²) in [6, 6.07) is 13.9. The summed E-state index contributed by atoms with van der Waals surface area (Å²) in [7, 11) is 1.63. The van der Waals surface area contributed by atoms with Crippen LogP contribution in [0.1, 0.15) is 31.1 Å². The van der Waals surface area contributed by atoms with Crippen LogP contribution >= 0.6 is 0 Å². The number of aliphatic hydroxyl groups is 1. The minimum Gasteiger partial charge on any atom is -0.506 e. The summed E-state index contributed by atoms with van der Waals surface area (Å²) in [4.78, 5) is 14.1. The zero-order valence-electron chi connectivity index (χ0n) is 15.6. The Bertz CT molecular complexity index is 993. The van der Waals surface area contributed by atoms with E-state index >= 15 is 0 Å². The second-order valence-corrected chi connectivity index (χ2v) is 7.04. The molecule has 0 saturated heterocycles. The summed E-state index contributed by atoms with van der Waals surface area (Å²) in [6.07, 6.45) is -0.809. The van der Waals surface area contributed by atoms with Gasteiger partial charge in [0.25, 0.3) is 0 Å². The van der Waals surface area contributed by atoms with E-state index in [4.69, 9.17) is 4.74 Å². The summed E-state index contributed by atoms with van der Waals surface area (Å²) >= 11 is 0. The molecule has 142 valence electrons. The van der Waals surface area contributed by atoms with Crippen molar-refractivity contribution in [1.29, 1.82) is 0 Å². The Hall–Kier alpha value is -2.83. The van der Waals surface area contributed by atoms with Crippen LogP contribution in [-0.2, 0) is 5.54 Å². The fourth-order valence-corrected chi connectivity index (χ4v) is 3.12. The number of aromatic amines is 1. The number of hydrogen-bond donors (Lipinski definition) is 4. The van der Waals surface area contributed by atoms with Crippen LogP contribution in [0.4, 0.5) is 0 Å². The van der Waals surface area contributed by atoms with Crippen LogP contribution in [0.2, 0.25) is 0 Å². The summed E-state index contributed by atoms with van der Waals surface area (Å²) < 4.78 is 5.19. The number of ether oxygens (including phenoxy) is 1. The van der Waals surface area contributed by atoms with E-state index in [9.17, 15) is 15.0 Å². The first kappa shape index (κ1) is 18.9. The molecule has 6 nitrogen and oxygen atoms in total. The Morgan fingerprint density at radius 3 is 2.48 bits per heavy atom. The highest BCUT2D eigenvalue weighted by Crippen LogP contribution is 2.29. The van der Waals surface area contributed by atoms with Gasteiger partial charge in [-0.3, -0.25) is 4.79 Å². The number of H-pyrrole nitrogens is 1. The zero-order chi connectivity index (χ0) is 19.6. The number of fused-ring (bicyclic) bond motifs is 1. The quantitative estimate of drug-likeness (QED) is 0.537. The van der Waals surface area contributed by atoms with E-state index in [2.05, 4.69) is 10.3 Å². The smallest absolute Gasteiger partial charge is 0.248 e. The molecule has 0 aliphatic heterocycles. The number of benzene rings is 2. The van der Waals surface area contributed by atoms with Crippen LogP contribution in [0.15, 0.2) is 53.3 Å². The molecule has 0 fully saturated rings. The molecule has 27 heavy (non-hydrogen) atoms. The van der Waals surface area contributed by atoms with Crippen LogP contribution < -0.4 is 15.6 Å². The van der Waals surface area contributed by atoms with Gasteiger partial charge in [-0.25, -0.2) is 0 Å². The number of rotatable bonds is 6. The van der Waals surface area contributed by atoms with Gasteiger partial charge >= 0.3 is 0 Å². The maximum absolute atomic E-state index is 11.5. The minimum absolute atomic E-state index is 0.0230. The van der Waals surface area contributed by atoms with Crippen molar-refractivity contribution < 1.29 is 14.9 Å². The number of nitrogens with one attached hydrogen (secondary N) is 2. The molecule has 0 unspecified atom stereocenters. The Kier molecular flexibility index (Phi) is 5.21. The largest absolute Gasteiger partial charge is 0.506 e. The van der Waals surface area contributed by atoms with Crippen molar-refractivity contribution in [3.63, 3.8) is 0 Å². The number of aromatic nitrogens is 1. The van der Waals surface area contributed by atoms with Crippen LogP contribution in [0, 0.1) is 0 Å². The Morgan fingerprint density at radius 2 is 1.81 bits per heavy atom. The number of aromatic hydroxyl groups is 1. The first-order valence-electron chi connectivity index (χ1n) is 8.74. The van der Waals surface area contributed by atoms with E-state index in [1.165, 1.54) is 12.1 Å². The average molecular weight is 368 g/mol. The summed E-state index contributed by atoms with van der Waals surface area (Å²) in [5.41, 5.74) is 1.36. The molecule has 1 heterocycles. The summed E-state index contributed by atoms with van der Waals surface area (Å²) in [6.45, 7) is 4.37. The second-order valence-electron chi connectivity index (χ2n) is 7.04. The predicted molar refractivity (Wildman–Crippen MR) is 105 cm³/mol. The van der Waals surface area contributed by atoms with Crippen molar-refractivity contribution >= 4 is 10.9 Å².